The number of benzene rings is 1. The van der Waals surface area contributed by atoms with Crippen LogP contribution in [-0.2, 0) is 17.6 Å². The van der Waals surface area contributed by atoms with Crippen LogP contribution in [0.2, 0.25) is 0 Å². The van der Waals surface area contributed by atoms with E-state index in [9.17, 15) is 10.1 Å². The van der Waals surface area contributed by atoms with Crippen molar-refractivity contribution in [2.75, 3.05) is 11.4 Å². The lowest BCUT2D eigenvalue weighted by atomic mass is 10.0. The number of nitrogens with zero attached hydrogens (tertiary/aromatic N) is 2. The maximum atomic E-state index is 11.5. The first-order chi connectivity index (χ1) is 8.52. The second-order valence-electron chi connectivity index (χ2n) is 4.67. The summed E-state index contributed by atoms with van der Waals surface area (Å²) >= 11 is 3.53. The number of hydrogen-bond acceptors (Lipinski definition) is 2. The predicted molar refractivity (Wildman–Crippen MR) is 75.0 cm³/mol. The fourth-order valence-corrected chi connectivity index (χ4v) is 2.83. The highest BCUT2D eigenvalue weighted by molar-refractivity contribution is 9.09. The van der Waals surface area contributed by atoms with Crippen LogP contribution >= 0.6 is 15.9 Å². The lowest BCUT2D eigenvalue weighted by molar-refractivity contribution is -0.116. The number of carbonyl (C=O) groups is 1. The van der Waals surface area contributed by atoms with E-state index in [1.807, 2.05) is 6.07 Å². The molecule has 0 aliphatic carbocycles. The molecule has 0 aromatic heterocycles. The van der Waals surface area contributed by atoms with E-state index in [1.165, 1.54) is 0 Å². The van der Waals surface area contributed by atoms with Gasteiger partial charge in [0.25, 0.3) is 0 Å². The Hall–Kier alpha value is -1.34. The topological polar surface area (TPSA) is 44.1 Å². The van der Waals surface area contributed by atoms with Gasteiger partial charge in [0.2, 0.25) is 5.91 Å². The van der Waals surface area contributed by atoms with Gasteiger partial charge in [-0.3, -0.25) is 4.79 Å². The minimum absolute atomic E-state index is 0.00635. The highest BCUT2D eigenvalue weighted by Crippen LogP contribution is 2.33. The molecule has 0 radical (unpaired) electrons. The molecule has 0 fully saturated rings. The van der Waals surface area contributed by atoms with Gasteiger partial charge in [0.1, 0.15) is 6.07 Å². The third-order valence-corrected chi connectivity index (χ3v) is 3.46. The first kappa shape index (κ1) is 13.1. The molecule has 1 aromatic carbocycles. The van der Waals surface area contributed by atoms with Gasteiger partial charge in [-0.25, -0.2) is 0 Å². The minimum atomic E-state index is 0.00635. The largest absolute Gasteiger partial charge is 0.311 e. The van der Waals surface area contributed by atoms with Crippen molar-refractivity contribution >= 4 is 27.5 Å². The molecular formula is C14H15BrN2O. The summed E-state index contributed by atoms with van der Waals surface area (Å²) in [5, 5.41) is 9.26. The quantitative estimate of drug-likeness (QED) is 0.789. The lowest BCUT2D eigenvalue weighted by Gasteiger charge is -2.17. The molecule has 1 unspecified atom stereocenters. The molecule has 0 saturated carbocycles. The van der Waals surface area contributed by atoms with Crippen molar-refractivity contribution in [3.8, 4) is 6.07 Å². The van der Waals surface area contributed by atoms with E-state index in [0.717, 1.165) is 29.7 Å². The molecular weight excluding hydrogens is 292 g/mol. The zero-order valence-corrected chi connectivity index (χ0v) is 12.1. The number of carbonyl (C=O) groups excluding carboxylic acids is 1. The molecule has 1 aliphatic heterocycles. The molecule has 2 rings (SSSR count). The molecule has 1 aliphatic rings. The van der Waals surface area contributed by atoms with Gasteiger partial charge in [0, 0.05) is 18.3 Å². The Bertz CT molecular complexity index is 531. The van der Waals surface area contributed by atoms with Crippen molar-refractivity contribution in [3.63, 3.8) is 0 Å². The zero-order valence-electron chi connectivity index (χ0n) is 10.5. The molecule has 1 atom stereocenters. The number of anilines is 1. The Morgan fingerprint density at radius 2 is 2.33 bits per heavy atom. The normalized spacial score (nSPS) is 15.1. The maximum absolute atomic E-state index is 11.5. The molecule has 0 saturated heterocycles. The van der Waals surface area contributed by atoms with Crippen LogP contribution in [0.3, 0.4) is 0 Å². The molecule has 1 amide bonds. The van der Waals surface area contributed by atoms with Crippen LogP contribution in [0.25, 0.3) is 0 Å². The van der Waals surface area contributed by atoms with Crippen LogP contribution in [0.1, 0.15) is 30.5 Å². The SMILES string of the molecule is CC(=O)N1CCc2cc(CC(C)Br)cc(C#N)c21. The van der Waals surface area contributed by atoms with Crippen molar-refractivity contribution in [2.24, 2.45) is 0 Å². The third kappa shape index (κ3) is 2.41. The molecule has 0 N–H and O–H groups in total. The van der Waals surface area contributed by atoms with E-state index in [2.05, 4.69) is 35.0 Å². The van der Waals surface area contributed by atoms with Crippen LogP contribution in [0.4, 0.5) is 5.69 Å². The fraction of sp³-hybridized carbons (Fsp3) is 0.429. The number of fused-ring (bicyclic) bond motifs is 1. The number of nitriles is 1. The average Bonchev–Trinajstić information content (AvgIpc) is 2.70. The summed E-state index contributed by atoms with van der Waals surface area (Å²) in [4.78, 5) is 13.6. The Morgan fingerprint density at radius 3 is 2.89 bits per heavy atom. The highest BCUT2D eigenvalue weighted by Gasteiger charge is 2.26. The first-order valence-corrected chi connectivity index (χ1v) is 6.92. The molecule has 0 bridgehead atoms. The predicted octanol–water partition coefficient (Wildman–Crippen LogP) is 2.79. The summed E-state index contributed by atoms with van der Waals surface area (Å²) in [5.74, 6) is 0.00635. The summed E-state index contributed by atoms with van der Waals surface area (Å²) in [7, 11) is 0. The number of hydrogen-bond donors (Lipinski definition) is 0. The highest BCUT2D eigenvalue weighted by atomic mass is 79.9. The van der Waals surface area contributed by atoms with Crippen molar-refractivity contribution in [1.29, 1.82) is 5.26 Å². The number of amides is 1. The van der Waals surface area contributed by atoms with E-state index >= 15 is 0 Å². The number of rotatable bonds is 2. The summed E-state index contributed by atoms with van der Waals surface area (Å²) in [6.07, 6.45) is 1.73. The molecule has 1 heterocycles. The Balaban J connectivity index is 2.47. The summed E-state index contributed by atoms with van der Waals surface area (Å²) in [5.41, 5.74) is 3.70. The van der Waals surface area contributed by atoms with Crippen molar-refractivity contribution in [1.82, 2.24) is 0 Å². The van der Waals surface area contributed by atoms with Gasteiger partial charge >= 0.3 is 0 Å². The van der Waals surface area contributed by atoms with Gasteiger partial charge < -0.3 is 4.90 Å². The van der Waals surface area contributed by atoms with Crippen molar-refractivity contribution in [3.05, 3.63) is 28.8 Å². The second kappa shape index (κ2) is 5.11. The Kier molecular flexibility index (Phi) is 3.72. The Morgan fingerprint density at radius 1 is 1.61 bits per heavy atom. The molecule has 18 heavy (non-hydrogen) atoms. The van der Waals surface area contributed by atoms with E-state index < -0.39 is 0 Å². The average molecular weight is 307 g/mol. The van der Waals surface area contributed by atoms with Crippen LogP contribution in [-0.4, -0.2) is 17.3 Å². The zero-order chi connectivity index (χ0) is 13.3. The number of alkyl halides is 1. The van der Waals surface area contributed by atoms with E-state index in [1.54, 1.807) is 11.8 Å². The van der Waals surface area contributed by atoms with Gasteiger partial charge in [-0.2, -0.15) is 5.26 Å². The summed E-state index contributed by atoms with van der Waals surface area (Å²) in [6.45, 7) is 4.32. The van der Waals surface area contributed by atoms with Gasteiger partial charge in [0.05, 0.1) is 11.3 Å². The van der Waals surface area contributed by atoms with Gasteiger partial charge in [-0.05, 0) is 30.0 Å². The molecule has 94 valence electrons. The van der Waals surface area contributed by atoms with Crippen molar-refractivity contribution < 1.29 is 4.79 Å². The van der Waals surface area contributed by atoms with Crippen LogP contribution in [0.15, 0.2) is 12.1 Å². The van der Waals surface area contributed by atoms with Crippen molar-refractivity contribution in [2.45, 2.75) is 31.5 Å². The summed E-state index contributed by atoms with van der Waals surface area (Å²) < 4.78 is 0. The summed E-state index contributed by atoms with van der Waals surface area (Å²) in [6, 6.07) is 6.24. The van der Waals surface area contributed by atoms with Crippen LogP contribution in [0.5, 0.6) is 0 Å². The van der Waals surface area contributed by atoms with E-state index in [4.69, 9.17) is 0 Å². The first-order valence-electron chi connectivity index (χ1n) is 6.01. The maximum Gasteiger partial charge on any atom is 0.223 e. The van der Waals surface area contributed by atoms with E-state index in [-0.39, 0.29) is 5.91 Å². The monoisotopic (exact) mass is 306 g/mol. The molecule has 3 nitrogen and oxygen atoms in total. The van der Waals surface area contributed by atoms with Crippen LogP contribution in [0, 0.1) is 11.3 Å². The van der Waals surface area contributed by atoms with Gasteiger partial charge in [0.15, 0.2) is 0 Å². The number of halogens is 1. The lowest BCUT2D eigenvalue weighted by Crippen LogP contribution is -2.26. The Labute approximate surface area is 116 Å². The van der Waals surface area contributed by atoms with Gasteiger partial charge in [-0.1, -0.05) is 28.9 Å². The van der Waals surface area contributed by atoms with Gasteiger partial charge in [-0.15, -0.1) is 0 Å². The third-order valence-electron chi connectivity index (χ3n) is 3.14. The molecule has 4 heteroatoms. The fourth-order valence-electron chi connectivity index (χ4n) is 2.46. The van der Waals surface area contributed by atoms with E-state index in [0.29, 0.717) is 16.9 Å². The molecule has 0 spiro atoms. The van der Waals surface area contributed by atoms with Crippen LogP contribution < -0.4 is 4.90 Å². The smallest absolute Gasteiger partial charge is 0.223 e. The second-order valence-corrected chi connectivity index (χ2v) is 6.23. The minimum Gasteiger partial charge on any atom is -0.311 e. The molecule has 1 aromatic rings. The standard InChI is InChI=1S/C14H15BrN2O/c1-9(15)5-11-6-12-3-4-17(10(2)18)14(12)13(7-11)8-16/h6-7,9H,3-5H2,1-2H3.